The van der Waals surface area contributed by atoms with E-state index in [-0.39, 0.29) is 0 Å². The molecular formula is C17H34N2. The highest BCUT2D eigenvalue weighted by atomic mass is 15.0. The summed E-state index contributed by atoms with van der Waals surface area (Å²) >= 11 is 0. The summed E-state index contributed by atoms with van der Waals surface area (Å²) in [4.78, 5) is 0. The Morgan fingerprint density at radius 3 is 2.32 bits per heavy atom. The molecule has 2 N–H and O–H groups in total. The molecule has 0 aliphatic heterocycles. The second-order valence-electron chi connectivity index (χ2n) is 7.42. The van der Waals surface area contributed by atoms with Gasteiger partial charge in [0.05, 0.1) is 0 Å². The number of hydrogen-bond donors (Lipinski definition) is 2. The molecule has 19 heavy (non-hydrogen) atoms. The van der Waals surface area contributed by atoms with E-state index in [1.54, 1.807) is 0 Å². The average Bonchev–Trinajstić information content (AvgIpc) is 3.00. The molecule has 112 valence electrons. The van der Waals surface area contributed by atoms with E-state index in [1.165, 1.54) is 64.3 Å². The highest BCUT2D eigenvalue weighted by molar-refractivity contribution is 4.87. The number of nitrogens with one attached hydrogen (secondary N) is 2. The van der Waals surface area contributed by atoms with Crippen LogP contribution in [-0.4, -0.2) is 25.7 Å². The molecule has 2 aliphatic rings. The zero-order chi connectivity index (χ0) is 13.6. The van der Waals surface area contributed by atoms with Crippen molar-refractivity contribution in [3.05, 3.63) is 0 Å². The summed E-state index contributed by atoms with van der Waals surface area (Å²) in [5.41, 5.74) is 0.627. The molecule has 0 aromatic heterocycles. The van der Waals surface area contributed by atoms with Gasteiger partial charge in [-0.25, -0.2) is 0 Å². The number of rotatable bonds is 8. The first kappa shape index (κ1) is 15.3. The monoisotopic (exact) mass is 266 g/mol. The highest BCUT2D eigenvalue weighted by Gasteiger charge is 2.33. The van der Waals surface area contributed by atoms with Crippen molar-refractivity contribution in [3.63, 3.8) is 0 Å². The molecule has 0 aromatic carbocycles. The van der Waals surface area contributed by atoms with Crippen molar-refractivity contribution in [3.8, 4) is 0 Å². The van der Waals surface area contributed by atoms with Gasteiger partial charge in [-0.1, -0.05) is 39.5 Å². The topological polar surface area (TPSA) is 24.1 Å². The van der Waals surface area contributed by atoms with Crippen LogP contribution in [0.4, 0.5) is 0 Å². The highest BCUT2D eigenvalue weighted by Crippen LogP contribution is 2.42. The lowest BCUT2D eigenvalue weighted by atomic mass is 9.78. The summed E-state index contributed by atoms with van der Waals surface area (Å²) in [5, 5.41) is 7.43. The summed E-state index contributed by atoms with van der Waals surface area (Å²) in [5.74, 6) is 0.844. The second kappa shape index (κ2) is 7.64. The molecule has 0 bridgehead atoms. The molecule has 2 aliphatic carbocycles. The van der Waals surface area contributed by atoms with Crippen LogP contribution in [0.5, 0.6) is 0 Å². The molecule has 0 spiro atoms. The first-order chi connectivity index (χ1) is 9.20. The summed E-state index contributed by atoms with van der Waals surface area (Å²) in [6.45, 7) is 8.31. The third kappa shape index (κ3) is 5.07. The Morgan fingerprint density at radius 1 is 1.00 bits per heavy atom. The van der Waals surface area contributed by atoms with E-state index in [9.17, 15) is 0 Å². The normalized spacial score (nSPS) is 23.5. The molecule has 2 saturated carbocycles. The van der Waals surface area contributed by atoms with Gasteiger partial charge in [-0.3, -0.25) is 0 Å². The molecule has 2 rings (SSSR count). The van der Waals surface area contributed by atoms with Gasteiger partial charge in [0.25, 0.3) is 0 Å². The molecule has 2 heteroatoms. The fourth-order valence-corrected chi connectivity index (χ4v) is 4.29. The van der Waals surface area contributed by atoms with Crippen LogP contribution >= 0.6 is 0 Å². The fraction of sp³-hybridized carbons (Fsp3) is 1.00. The van der Waals surface area contributed by atoms with E-state index in [0.717, 1.165) is 25.0 Å². The molecule has 0 atom stereocenters. The van der Waals surface area contributed by atoms with Gasteiger partial charge in [0.15, 0.2) is 0 Å². The minimum atomic E-state index is 0.627. The van der Waals surface area contributed by atoms with Crippen LogP contribution in [0.25, 0.3) is 0 Å². The van der Waals surface area contributed by atoms with E-state index in [0.29, 0.717) is 5.41 Å². The number of hydrogen-bond acceptors (Lipinski definition) is 2. The fourth-order valence-electron chi connectivity index (χ4n) is 4.29. The van der Waals surface area contributed by atoms with Gasteiger partial charge in [-0.05, 0) is 43.4 Å². The Bertz CT molecular complexity index is 238. The first-order valence-corrected chi connectivity index (χ1v) is 8.64. The maximum absolute atomic E-state index is 3.73. The standard InChI is InChI=1S/C17H34N2/c1-15(2)13-17(9-5-6-10-17)14-18-11-12-19-16-7-3-4-8-16/h15-16,18-19H,3-14H2,1-2H3. The van der Waals surface area contributed by atoms with Crippen LogP contribution in [0.2, 0.25) is 0 Å². The maximum Gasteiger partial charge on any atom is 0.00793 e. The van der Waals surface area contributed by atoms with Crippen LogP contribution in [0, 0.1) is 11.3 Å². The van der Waals surface area contributed by atoms with Crippen molar-refractivity contribution < 1.29 is 0 Å². The van der Waals surface area contributed by atoms with Crippen molar-refractivity contribution in [1.29, 1.82) is 0 Å². The Morgan fingerprint density at radius 2 is 1.68 bits per heavy atom. The average molecular weight is 266 g/mol. The van der Waals surface area contributed by atoms with E-state index >= 15 is 0 Å². The van der Waals surface area contributed by atoms with Crippen molar-refractivity contribution in [2.45, 2.75) is 77.7 Å². The summed E-state index contributed by atoms with van der Waals surface area (Å²) < 4.78 is 0. The van der Waals surface area contributed by atoms with Crippen LogP contribution in [0.3, 0.4) is 0 Å². The molecule has 2 fully saturated rings. The van der Waals surface area contributed by atoms with E-state index in [1.807, 2.05) is 0 Å². The van der Waals surface area contributed by atoms with Gasteiger partial charge in [0.1, 0.15) is 0 Å². The Hall–Kier alpha value is -0.0800. The molecule has 0 aromatic rings. The van der Waals surface area contributed by atoms with Crippen LogP contribution in [0.1, 0.15) is 71.6 Å². The lowest BCUT2D eigenvalue weighted by Crippen LogP contribution is -2.38. The van der Waals surface area contributed by atoms with Gasteiger partial charge in [-0.15, -0.1) is 0 Å². The summed E-state index contributed by atoms with van der Waals surface area (Å²) in [7, 11) is 0. The molecule has 0 unspecified atom stereocenters. The lowest BCUT2D eigenvalue weighted by molar-refractivity contribution is 0.224. The molecule has 0 radical (unpaired) electrons. The molecule has 0 saturated heterocycles. The SMILES string of the molecule is CC(C)CC1(CNCCNC2CCCC2)CCCC1. The van der Waals surface area contributed by atoms with Crippen molar-refractivity contribution in [2.24, 2.45) is 11.3 Å². The maximum atomic E-state index is 3.73. The van der Waals surface area contributed by atoms with Gasteiger partial charge in [0.2, 0.25) is 0 Å². The summed E-state index contributed by atoms with van der Waals surface area (Å²) in [6.07, 6.45) is 12.9. The Labute approximate surface area is 120 Å². The van der Waals surface area contributed by atoms with Crippen LogP contribution < -0.4 is 10.6 Å². The van der Waals surface area contributed by atoms with Crippen LogP contribution in [0.15, 0.2) is 0 Å². The predicted octanol–water partition coefficient (Wildman–Crippen LogP) is 3.71. The first-order valence-electron chi connectivity index (χ1n) is 8.64. The predicted molar refractivity (Wildman–Crippen MR) is 83.5 cm³/mol. The van der Waals surface area contributed by atoms with Crippen molar-refractivity contribution >= 4 is 0 Å². The third-order valence-corrected chi connectivity index (χ3v) is 5.10. The largest absolute Gasteiger partial charge is 0.315 e. The summed E-state index contributed by atoms with van der Waals surface area (Å²) in [6, 6.07) is 0.818. The zero-order valence-corrected chi connectivity index (χ0v) is 13.1. The van der Waals surface area contributed by atoms with Gasteiger partial charge in [0, 0.05) is 25.7 Å². The second-order valence-corrected chi connectivity index (χ2v) is 7.42. The van der Waals surface area contributed by atoms with Gasteiger partial charge >= 0.3 is 0 Å². The van der Waals surface area contributed by atoms with E-state index < -0.39 is 0 Å². The smallest absolute Gasteiger partial charge is 0.00793 e. The van der Waals surface area contributed by atoms with E-state index in [2.05, 4.69) is 24.5 Å². The zero-order valence-electron chi connectivity index (χ0n) is 13.1. The molecule has 0 amide bonds. The minimum absolute atomic E-state index is 0.627. The van der Waals surface area contributed by atoms with E-state index in [4.69, 9.17) is 0 Å². The lowest BCUT2D eigenvalue weighted by Gasteiger charge is -2.31. The van der Waals surface area contributed by atoms with Gasteiger partial charge < -0.3 is 10.6 Å². The molecular weight excluding hydrogens is 232 g/mol. The molecule has 0 heterocycles. The van der Waals surface area contributed by atoms with Crippen molar-refractivity contribution in [1.82, 2.24) is 10.6 Å². The quantitative estimate of drug-likeness (QED) is 0.654. The Kier molecular flexibility index (Phi) is 6.15. The molecule has 2 nitrogen and oxygen atoms in total. The third-order valence-electron chi connectivity index (χ3n) is 5.10. The van der Waals surface area contributed by atoms with Gasteiger partial charge in [-0.2, -0.15) is 0 Å². The van der Waals surface area contributed by atoms with Crippen molar-refractivity contribution in [2.75, 3.05) is 19.6 Å². The minimum Gasteiger partial charge on any atom is -0.315 e. The Balaban J connectivity index is 1.59. The van der Waals surface area contributed by atoms with Crippen LogP contribution in [-0.2, 0) is 0 Å².